The van der Waals surface area contributed by atoms with Gasteiger partial charge >= 0.3 is 0 Å². The fourth-order valence-corrected chi connectivity index (χ4v) is 3.80. The number of piperidine rings is 1. The van der Waals surface area contributed by atoms with E-state index in [1.807, 2.05) is 0 Å². The molecule has 0 saturated carbocycles. The van der Waals surface area contributed by atoms with Crippen LogP contribution in [0.5, 0.6) is 0 Å². The molecule has 0 aromatic heterocycles. The maximum absolute atomic E-state index is 11.8. The van der Waals surface area contributed by atoms with Crippen molar-refractivity contribution in [1.82, 2.24) is 5.32 Å². The Morgan fingerprint density at radius 1 is 1.21 bits per heavy atom. The molecule has 14 heavy (non-hydrogen) atoms. The quantitative estimate of drug-likeness (QED) is 0.714. The van der Waals surface area contributed by atoms with Gasteiger partial charge in [-0.1, -0.05) is 0 Å². The molecule has 0 aromatic carbocycles. The molecule has 0 aromatic rings. The molecule has 2 saturated heterocycles. The average Bonchev–Trinajstić information content (AvgIpc) is 2.00. The zero-order chi connectivity index (χ0) is 10.0. The molecular formula is C9H17NO3S. The Labute approximate surface area is 84.9 Å². The monoisotopic (exact) mass is 219 g/mol. The first-order valence-corrected chi connectivity index (χ1v) is 6.90. The molecule has 82 valence electrons. The predicted molar refractivity (Wildman–Crippen MR) is 54.0 cm³/mol. The highest BCUT2D eigenvalue weighted by Gasteiger charge is 2.34. The second kappa shape index (κ2) is 4.16. The van der Waals surface area contributed by atoms with E-state index >= 15 is 0 Å². The molecule has 2 heterocycles. The lowest BCUT2D eigenvalue weighted by Gasteiger charge is -2.29. The average molecular weight is 219 g/mol. The van der Waals surface area contributed by atoms with Gasteiger partial charge in [-0.05, 0) is 31.8 Å². The van der Waals surface area contributed by atoms with Gasteiger partial charge in [-0.25, -0.2) is 8.42 Å². The summed E-state index contributed by atoms with van der Waals surface area (Å²) in [5.74, 6) is 0.727. The van der Waals surface area contributed by atoms with Gasteiger partial charge in [0.1, 0.15) is 5.25 Å². The largest absolute Gasteiger partial charge is 0.379 e. The third-order valence-electron chi connectivity index (χ3n) is 3.04. The van der Waals surface area contributed by atoms with Gasteiger partial charge < -0.3 is 10.1 Å². The molecular weight excluding hydrogens is 202 g/mol. The Morgan fingerprint density at radius 3 is 2.36 bits per heavy atom. The summed E-state index contributed by atoms with van der Waals surface area (Å²) in [6, 6.07) is 0. The summed E-state index contributed by atoms with van der Waals surface area (Å²) < 4.78 is 28.5. The number of rotatable bonds is 3. The summed E-state index contributed by atoms with van der Waals surface area (Å²) in [5.41, 5.74) is 0. The van der Waals surface area contributed by atoms with Gasteiger partial charge in [0.15, 0.2) is 9.84 Å². The Bertz CT molecular complexity index is 278. The van der Waals surface area contributed by atoms with Gasteiger partial charge in [-0.3, -0.25) is 0 Å². The van der Waals surface area contributed by atoms with E-state index in [9.17, 15) is 8.42 Å². The Balaban J connectivity index is 1.88. The molecule has 2 rings (SSSR count). The molecule has 0 aliphatic carbocycles. The van der Waals surface area contributed by atoms with Crippen LogP contribution in [-0.2, 0) is 14.6 Å². The summed E-state index contributed by atoms with van der Waals surface area (Å²) >= 11 is 0. The molecule has 0 spiro atoms. The minimum atomic E-state index is -2.88. The van der Waals surface area contributed by atoms with Crippen molar-refractivity contribution in [2.45, 2.75) is 18.1 Å². The molecule has 0 unspecified atom stereocenters. The van der Waals surface area contributed by atoms with Crippen LogP contribution in [0.25, 0.3) is 0 Å². The molecule has 4 nitrogen and oxygen atoms in total. The van der Waals surface area contributed by atoms with Gasteiger partial charge in [-0.15, -0.1) is 0 Å². The van der Waals surface area contributed by atoms with Crippen molar-refractivity contribution in [3.8, 4) is 0 Å². The lowest BCUT2D eigenvalue weighted by molar-refractivity contribution is 0.0414. The molecule has 0 bridgehead atoms. The number of hydrogen-bond acceptors (Lipinski definition) is 4. The number of sulfone groups is 1. The van der Waals surface area contributed by atoms with E-state index < -0.39 is 9.84 Å². The fourth-order valence-electron chi connectivity index (χ4n) is 1.93. The first-order valence-electron chi connectivity index (χ1n) is 5.18. The molecule has 2 fully saturated rings. The Morgan fingerprint density at radius 2 is 1.86 bits per heavy atom. The summed E-state index contributed by atoms with van der Waals surface area (Å²) in [6.07, 6.45) is 1.99. The molecule has 2 aliphatic heterocycles. The number of hydrogen-bond donors (Lipinski definition) is 1. The Hall–Kier alpha value is -0.130. The zero-order valence-corrected chi connectivity index (χ0v) is 9.05. The molecule has 2 aliphatic rings. The van der Waals surface area contributed by atoms with Crippen molar-refractivity contribution in [3.05, 3.63) is 0 Å². The summed E-state index contributed by atoms with van der Waals surface area (Å²) in [6.45, 7) is 2.74. The fraction of sp³-hybridized carbons (Fsp3) is 1.00. The standard InChI is InChI=1S/C9H17NO3S/c11-14(12,9-5-13-6-9)7-8-1-3-10-4-2-8/h8-10H,1-7H2. The number of ether oxygens (including phenoxy) is 1. The van der Waals surface area contributed by atoms with E-state index in [0.717, 1.165) is 25.9 Å². The van der Waals surface area contributed by atoms with Crippen molar-refractivity contribution in [1.29, 1.82) is 0 Å². The highest BCUT2D eigenvalue weighted by atomic mass is 32.2. The molecule has 5 heteroatoms. The molecule has 0 radical (unpaired) electrons. The van der Waals surface area contributed by atoms with E-state index in [1.54, 1.807) is 0 Å². The van der Waals surface area contributed by atoms with Crippen molar-refractivity contribution in [2.24, 2.45) is 5.92 Å². The zero-order valence-electron chi connectivity index (χ0n) is 8.24. The van der Waals surface area contributed by atoms with Crippen LogP contribution in [0.2, 0.25) is 0 Å². The van der Waals surface area contributed by atoms with Gasteiger partial charge in [0.25, 0.3) is 0 Å². The smallest absolute Gasteiger partial charge is 0.157 e. The molecule has 0 atom stereocenters. The third kappa shape index (κ3) is 2.27. The van der Waals surface area contributed by atoms with Crippen LogP contribution in [-0.4, -0.2) is 45.7 Å². The minimum absolute atomic E-state index is 0.211. The van der Waals surface area contributed by atoms with Crippen LogP contribution >= 0.6 is 0 Å². The molecule has 1 N–H and O–H groups in total. The maximum Gasteiger partial charge on any atom is 0.157 e. The van der Waals surface area contributed by atoms with E-state index in [0.29, 0.717) is 24.9 Å². The van der Waals surface area contributed by atoms with Gasteiger partial charge in [0.05, 0.1) is 19.0 Å². The van der Waals surface area contributed by atoms with E-state index in [1.165, 1.54) is 0 Å². The summed E-state index contributed by atoms with van der Waals surface area (Å²) in [5, 5.41) is 3.03. The first kappa shape index (κ1) is 10.4. The lowest BCUT2D eigenvalue weighted by Crippen LogP contribution is -2.44. The summed E-state index contributed by atoms with van der Waals surface area (Å²) in [7, 11) is -2.88. The second-order valence-electron chi connectivity index (χ2n) is 4.18. The van der Waals surface area contributed by atoms with Crippen molar-refractivity contribution < 1.29 is 13.2 Å². The van der Waals surface area contributed by atoms with Gasteiger partial charge in [0, 0.05) is 0 Å². The predicted octanol–water partition coefficient (Wildman–Crippen LogP) is -0.200. The highest BCUT2D eigenvalue weighted by molar-refractivity contribution is 7.92. The normalized spacial score (nSPS) is 26.0. The van der Waals surface area contributed by atoms with Crippen LogP contribution < -0.4 is 5.32 Å². The maximum atomic E-state index is 11.8. The first-order chi connectivity index (χ1) is 6.68. The topological polar surface area (TPSA) is 55.4 Å². The van der Waals surface area contributed by atoms with E-state index in [-0.39, 0.29) is 5.25 Å². The molecule has 0 amide bonds. The van der Waals surface area contributed by atoms with Crippen LogP contribution in [0.4, 0.5) is 0 Å². The Kier molecular flexibility index (Phi) is 3.09. The number of nitrogens with one attached hydrogen (secondary N) is 1. The van der Waals surface area contributed by atoms with Gasteiger partial charge in [-0.2, -0.15) is 0 Å². The lowest BCUT2D eigenvalue weighted by atomic mass is 10.0. The van der Waals surface area contributed by atoms with Crippen molar-refractivity contribution in [3.63, 3.8) is 0 Å². The SMILES string of the molecule is O=S(=O)(CC1CCNCC1)C1COC1. The minimum Gasteiger partial charge on any atom is -0.379 e. The third-order valence-corrected chi connectivity index (χ3v) is 5.27. The van der Waals surface area contributed by atoms with Crippen LogP contribution in [0, 0.1) is 5.92 Å². The second-order valence-corrected chi connectivity index (χ2v) is 6.51. The van der Waals surface area contributed by atoms with Crippen LogP contribution in [0.3, 0.4) is 0 Å². The van der Waals surface area contributed by atoms with E-state index in [2.05, 4.69) is 5.32 Å². The highest BCUT2D eigenvalue weighted by Crippen LogP contribution is 2.20. The van der Waals surface area contributed by atoms with E-state index in [4.69, 9.17) is 4.74 Å². The van der Waals surface area contributed by atoms with Crippen LogP contribution in [0.15, 0.2) is 0 Å². The van der Waals surface area contributed by atoms with Crippen molar-refractivity contribution in [2.75, 3.05) is 32.1 Å². The van der Waals surface area contributed by atoms with Gasteiger partial charge in [0.2, 0.25) is 0 Å². The van der Waals surface area contributed by atoms with Crippen LogP contribution in [0.1, 0.15) is 12.8 Å². The summed E-state index contributed by atoms with van der Waals surface area (Å²) in [4.78, 5) is 0. The van der Waals surface area contributed by atoms with Crippen molar-refractivity contribution >= 4 is 9.84 Å².